The molecule has 5 rings (SSSR count). The lowest BCUT2D eigenvalue weighted by molar-refractivity contribution is -0.110. The number of hydrogen-bond donors (Lipinski definition) is 1. The van der Waals surface area contributed by atoms with Crippen molar-refractivity contribution < 1.29 is 13.6 Å². The smallest absolute Gasteiger partial charge is 0.323 e. The van der Waals surface area contributed by atoms with Gasteiger partial charge < -0.3 is 14.6 Å². The van der Waals surface area contributed by atoms with Crippen molar-refractivity contribution in [3.05, 3.63) is 53.8 Å². The summed E-state index contributed by atoms with van der Waals surface area (Å²) in [4.78, 5) is 23.3. The molecule has 9 heteroatoms. The highest BCUT2D eigenvalue weighted by molar-refractivity contribution is 5.91. The second-order valence-electron chi connectivity index (χ2n) is 8.62. The number of rotatable bonds is 3. The van der Waals surface area contributed by atoms with E-state index < -0.39 is 11.4 Å². The number of nitrogens with zero attached hydrogens (tertiary/aromatic N) is 5. The number of piperidine rings is 1. The van der Waals surface area contributed by atoms with Crippen molar-refractivity contribution in [2.24, 2.45) is 5.92 Å². The molecule has 1 aliphatic heterocycles. The van der Waals surface area contributed by atoms with Crippen LogP contribution in [0.3, 0.4) is 0 Å². The lowest BCUT2D eigenvalue weighted by Gasteiger charge is -2.61. The Kier molecular flexibility index (Phi) is 4.49. The summed E-state index contributed by atoms with van der Waals surface area (Å²) in [5, 5.41) is 11.2. The maximum absolute atomic E-state index is 13.3. The second-order valence-corrected chi connectivity index (χ2v) is 8.62. The molecule has 31 heavy (non-hydrogen) atoms. The van der Waals surface area contributed by atoms with E-state index in [2.05, 4.69) is 32.4 Å². The molecule has 1 saturated carbocycles. The highest BCUT2D eigenvalue weighted by Gasteiger charge is 2.62. The Morgan fingerprint density at radius 3 is 2.71 bits per heavy atom. The van der Waals surface area contributed by atoms with Crippen LogP contribution in [0.4, 0.5) is 14.9 Å². The number of nitrogens with one attached hydrogen (secondary N) is 1. The van der Waals surface area contributed by atoms with Crippen LogP contribution in [0.2, 0.25) is 0 Å². The van der Waals surface area contributed by atoms with Gasteiger partial charge in [0.1, 0.15) is 5.54 Å². The molecule has 0 radical (unpaired) electrons. The Hall–Kier alpha value is -3.36. The number of fused-ring (bicyclic) bond motifs is 2. The maximum Gasteiger partial charge on any atom is 0.323 e. The first-order chi connectivity index (χ1) is 14.9. The molecule has 8 nitrogen and oxygen atoms in total. The molecule has 2 amide bonds. The Labute approximate surface area is 178 Å². The fraction of sp³-hybridized carbons (Fsp3) is 0.409. The van der Waals surface area contributed by atoms with Gasteiger partial charge in [-0.3, -0.25) is 0 Å². The van der Waals surface area contributed by atoms with Crippen LogP contribution in [0.25, 0.3) is 11.4 Å². The fourth-order valence-corrected chi connectivity index (χ4v) is 5.01. The fourth-order valence-electron chi connectivity index (χ4n) is 5.01. The molecule has 3 atom stereocenters. The molecule has 2 aliphatic rings. The molecule has 2 bridgehead atoms. The van der Waals surface area contributed by atoms with Crippen molar-refractivity contribution in [2.45, 2.75) is 51.6 Å². The molecule has 2 aromatic heterocycles. The molecule has 0 spiro atoms. The minimum absolute atomic E-state index is 0.140. The number of carbonyl (C=O) groups is 1. The summed E-state index contributed by atoms with van der Waals surface area (Å²) in [7, 11) is 0. The average molecular weight is 422 g/mol. The topological polar surface area (TPSA) is 97.0 Å². The summed E-state index contributed by atoms with van der Waals surface area (Å²) < 4.78 is 19.0. The van der Waals surface area contributed by atoms with Gasteiger partial charge in [-0.2, -0.15) is 0 Å². The number of carbonyl (C=O) groups excluding carboxylic acids is 1. The van der Waals surface area contributed by atoms with E-state index in [-0.39, 0.29) is 12.1 Å². The third kappa shape index (κ3) is 3.24. The number of anilines is 1. The van der Waals surface area contributed by atoms with Crippen LogP contribution in [-0.4, -0.2) is 37.1 Å². The standard InChI is InChI=1S/C22H23FN6O2/c1-12-6-17-9-22(8-12,20-28-27-14(3)31-20)29(17)21(30)26-16-5-4-13(2)18(7-16)19-24-10-15(23)11-25-19/h4-5,7,10-12,17H,6,8-9H2,1-3H3,(H,26,30)/t12-,17+,22?/m0/s1. The van der Waals surface area contributed by atoms with Gasteiger partial charge in [0.15, 0.2) is 11.6 Å². The van der Waals surface area contributed by atoms with Crippen LogP contribution in [0, 0.1) is 25.6 Å². The van der Waals surface area contributed by atoms with Crippen LogP contribution in [0.5, 0.6) is 0 Å². The average Bonchev–Trinajstić information content (AvgIpc) is 3.16. The summed E-state index contributed by atoms with van der Waals surface area (Å²) in [5.74, 6) is 1.38. The van der Waals surface area contributed by atoms with Gasteiger partial charge in [-0.1, -0.05) is 13.0 Å². The molecule has 3 heterocycles. The molecule has 2 fully saturated rings. The van der Waals surface area contributed by atoms with Crippen LogP contribution >= 0.6 is 0 Å². The minimum atomic E-state index is -0.554. The molecular formula is C22H23FN6O2. The van der Waals surface area contributed by atoms with Gasteiger partial charge in [0.25, 0.3) is 0 Å². The van der Waals surface area contributed by atoms with E-state index in [0.717, 1.165) is 42.8 Å². The predicted molar refractivity (Wildman–Crippen MR) is 111 cm³/mol. The number of halogens is 1. The quantitative estimate of drug-likeness (QED) is 0.679. The summed E-state index contributed by atoms with van der Waals surface area (Å²) in [6, 6.07) is 5.47. The van der Waals surface area contributed by atoms with Crippen LogP contribution < -0.4 is 5.32 Å². The number of amides is 2. The van der Waals surface area contributed by atoms with Gasteiger partial charge in [-0.15, -0.1) is 10.2 Å². The summed E-state index contributed by atoms with van der Waals surface area (Å²) in [6.07, 6.45) is 4.83. The third-order valence-electron chi connectivity index (χ3n) is 6.25. The normalized spacial score (nSPS) is 24.6. The summed E-state index contributed by atoms with van der Waals surface area (Å²) >= 11 is 0. The van der Waals surface area contributed by atoms with Gasteiger partial charge >= 0.3 is 6.03 Å². The lowest BCUT2D eigenvalue weighted by atomic mass is 9.64. The van der Waals surface area contributed by atoms with Crippen molar-refractivity contribution in [2.75, 3.05) is 5.32 Å². The van der Waals surface area contributed by atoms with E-state index in [4.69, 9.17) is 4.42 Å². The van der Waals surface area contributed by atoms with Crippen LogP contribution in [0.1, 0.15) is 43.5 Å². The number of urea groups is 1. The van der Waals surface area contributed by atoms with E-state index in [1.54, 1.807) is 6.92 Å². The Balaban J connectivity index is 1.42. The molecule has 1 aliphatic carbocycles. The number of benzene rings is 1. The van der Waals surface area contributed by atoms with Crippen molar-refractivity contribution in [3.63, 3.8) is 0 Å². The van der Waals surface area contributed by atoms with Gasteiger partial charge in [-0.25, -0.2) is 19.2 Å². The van der Waals surface area contributed by atoms with Gasteiger partial charge in [0.2, 0.25) is 11.8 Å². The zero-order chi connectivity index (χ0) is 21.8. The first kappa shape index (κ1) is 19.6. The van der Waals surface area contributed by atoms with Gasteiger partial charge in [-0.05, 0) is 43.4 Å². The Bertz CT molecular complexity index is 1150. The van der Waals surface area contributed by atoms with Crippen molar-refractivity contribution in [1.82, 2.24) is 25.1 Å². The van der Waals surface area contributed by atoms with E-state index in [1.165, 1.54) is 0 Å². The first-order valence-corrected chi connectivity index (χ1v) is 10.4. The summed E-state index contributed by atoms with van der Waals surface area (Å²) in [6.45, 7) is 5.86. The monoisotopic (exact) mass is 422 g/mol. The predicted octanol–water partition coefficient (Wildman–Crippen LogP) is 4.21. The minimum Gasteiger partial charge on any atom is -0.423 e. The SMILES string of the molecule is Cc1nnc(C23C[C@@H](C)C[C@H](C2)N3C(=O)Nc2ccc(C)c(-c3ncc(F)cn3)c2)o1. The zero-order valence-corrected chi connectivity index (χ0v) is 17.6. The van der Waals surface area contributed by atoms with Crippen molar-refractivity contribution in [3.8, 4) is 11.4 Å². The number of hydrogen-bond acceptors (Lipinski definition) is 6. The maximum atomic E-state index is 13.3. The largest absolute Gasteiger partial charge is 0.423 e. The molecular weight excluding hydrogens is 399 g/mol. The molecule has 1 unspecified atom stereocenters. The molecule has 1 aromatic carbocycles. The third-order valence-corrected chi connectivity index (χ3v) is 6.25. The van der Waals surface area contributed by atoms with Gasteiger partial charge in [0.05, 0.1) is 12.4 Å². The Morgan fingerprint density at radius 2 is 2.00 bits per heavy atom. The first-order valence-electron chi connectivity index (χ1n) is 10.4. The van der Waals surface area contributed by atoms with E-state index >= 15 is 0 Å². The Morgan fingerprint density at radius 1 is 1.23 bits per heavy atom. The number of aryl methyl sites for hydroxylation is 2. The van der Waals surface area contributed by atoms with E-state index in [1.807, 2.05) is 30.0 Å². The highest BCUT2D eigenvalue weighted by Crippen LogP contribution is 2.55. The van der Waals surface area contributed by atoms with Crippen molar-refractivity contribution in [1.29, 1.82) is 0 Å². The molecule has 3 aromatic rings. The second kappa shape index (κ2) is 7.11. The van der Waals surface area contributed by atoms with Gasteiger partial charge in [0, 0.05) is 30.6 Å². The molecule has 1 N–H and O–H groups in total. The molecule has 1 saturated heterocycles. The van der Waals surface area contributed by atoms with Crippen LogP contribution in [-0.2, 0) is 5.54 Å². The van der Waals surface area contributed by atoms with E-state index in [0.29, 0.717) is 29.2 Å². The van der Waals surface area contributed by atoms with E-state index in [9.17, 15) is 9.18 Å². The van der Waals surface area contributed by atoms with Crippen LogP contribution in [0.15, 0.2) is 35.0 Å². The zero-order valence-electron chi connectivity index (χ0n) is 17.6. The lowest BCUT2D eigenvalue weighted by Crippen LogP contribution is -2.70. The highest BCUT2D eigenvalue weighted by atomic mass is 19.1. The van der Waals surface area contributed by atoms with Crippen molar-refractivity contribution >= 4 is 11.7 Å². The number of likely N-dealkylation sites (tertiary alicyclic amines) is 1. The number of aromatic nitrogens is 4. The molecule has 160 valence electrons. The summed E-state index contributed by atoms with van der Waals surface area (Å²) in [5.41, 5.74) is 1.73.